The van der Waals surface area contributed by atoms with Crippen LogP contribution in [0.1, 0.15) is 72.9 Å². The number of aromatic nitrogens is 1. The highest BCUT2D eigenvalue weighted by Crippen LogP contribution is 2.44. The molecule has 4 heteroatoms. The van der Waals surface area contributed by atoms with Gasteiger partial charge in [0.15, 0.2) is 0 Å². The van der Waals surface area contributed by atoms with Crippen molar-refractivity contribution in [3.05, 3.63) is 15.6 Å². The highest BCUT2D eigenvalue weighted by atomic mass is 32.1. The molecule has 0 bridgehead atoms. The first kappa shape index (κ1) is 15.4. The van der Waals surface area contributed by atoms with Crippen LogP contribution in [-0.2, 0) is 16.8 Å². The fourth-order valence-electron chi connectivity index (χ4n) is 3.95. The zero-order valence-electron chi connectivity index (χ0n) is 13.4. The van der Waals surface area contributed by atoms with Gasteiger partial charge in [0, 0.05) is 24.4 Å². The molecule has 3 rings (SSSR count). The number of likely N-dealkylation sites (N-methyl/N-ethyl adjacent to an activating group) is 1. The van der Waals surface area contributed by atoms with Gasteiger partial charge in [-0.05, 0) is 39.2 Å². The molecule has 0 aliphatic heterocycles. The van der Waals surface area contributed by atoms with Crippen molar-refractivity contribution in [2.24, 2.45) is 0 Å². The topological polar surface area (TPSA) is 34.1 Å². The number of nitrogens with one attached hydrogen (secondary N) is 1. The number of fused-ring (bicyclic) bond motifs is 1. The van der Waals surface area contributed by atoms with Crippen molar-refractivity contribution in [2.45, 2.75) is 69.3 Å². The zero-order chi connectivity index (χ0) is 14.7. The van der Waals surface area contributed by atoms with Gasteiger partial charge in [-0.25, -0.2) is 4.98 Å². The summed E-state index contributed by atoms with van der Waals surface area (Å²) in [6, 6.07) is 0. The van der Waals surface area contributed by atoms with Gasteiger partial charge < -0.3 is 10.1 Å². The summed E-state index contributed by atoms with van der Waals surface area (Å²) in [7, 11) is 3.93. The molecule has 1 fully saturated rings. The molecule has 1 atom stereocenters. The van der Waals surface area contributed by atoms with Crippen molar-refractivity contribution in [3.8, 4) is 0 Å². The summed E-state index contributed by atoms with van der Waals surface area (Å²) in [5.74, 6) is 0.600. The molecule has 2 aliphatic carbocycles. The molecule has 118 valence electrons. The van der Waals surface area contributed by atoms with E-state index in [1.54, 1.807) is 0 Å². The second kappa shape index (κ2) is 6.76. The van der Waals surface area contributed by atoms with Crippen LogP contribution in [0.2, 0.25) is 0 Å². The van der Waals surface area contributed by atoms with Gasteiger partial charge in [0.05, 0.1) is 5.69 Å². The quantitative estimate of drug-likeness (QED) is 0.854. The van der Waals surface area contributed by atoms with Crippen molar-refractivity contribution in [3.63, 3.8) is 0 Å². The number of methoxy groups -OCH3 is 1. The van der Waals surface area contributed by atoms with Crippen LogP contribution < -0.4 is 5.32 Å². The second-order valence-electron chi connectivity index (χ2n) is 6.59. The lowest BCUT2D eigenvalue weighted by atomic mass is 9.90. The molecule has 1 aromatic heterocycles. The Bertz CT molecular complexity index is 463. The Morgan fingerprint density at radius 1 is 1.24 bits per heavy atom. The van der Waals surface area contributed by atoms with Crippen molar-refractivity contribution < 1.29 is 4.74 Å². The summed E-state index contributed by atoms with van der Waals surface area (Å²) < 4.78 is 6.05. The molecular formula is C17H28N2OS. The summed E-state index contributed by atoms with van der Waals surface area (Å²) in [4.78, 5) is 6.64. The average molecular weight is 308 g/mol. The summed E-state index contributed by atoms with van der Waals surface area (Å²) in [5, 5.41) is 4.60. The number of thiazole rings is 1. The number of hydrogen-bond donors (Lipinski definition) is 1. The normalized spacial score (nSPS) is 25.3. The first-order valence-corrected chi connectivity index (χ1v) is 9.30. The van der Waals surface area contributed by atoms with Gasteiger partial charge in [0.25, 0.3) is 0 Å². The molecular weight excluding hydrogens is 280 g/mol. The van der Waals surface area contributed by atoms with E-state index in [-0.39, 0.29) is 5.60 Å². The van der Waals surface area contributed by atoms with Crippen LogP contribution in [0.3, 0.4) is 0 Å². The zero-order valence-corrected chi connectivity index (χ0v) is 14.2. The van der Waals surface area contributed by atoms with Gasteiger partial charge in [0.1, 0.15) is 10.6 Å². The van der Waals surface area contributed by atoms with Crippen LogP contribution in [0.5, 0.6) is 0 Å². The minimum Gasteiger partial charge on any atom is -0.371 e. The van der Waals surface area contributed by atoms with Crippen LogP contribution in [0.15, 0.2) is 0 Å². The molecule has 21 heavy (non-hydrogen) atoms. The van der Waals surface area contributed by atoms with Crippen LogP contribution in [0.25, 0.3) is 0 Å². The van der Waals surface area contributed by atoms with E-state index in [0.717, 1.165) is 19.4 Å². The smallest absolute Gasteiger partial charge is 0.125 e. The maximum atomic E-state index is 6.05. The van der Waals surface area contributed by atoms with E-state index in [2.05, 4.69) is 5.32 Å². The van der Waals surface area contributed by atoms with E-state index >= 15 is 0 Å². The summed E-state index contributed by atoms with van der Waals surface area (Å²) in [6.07, 6.45) is 11.3. The monoisotopic (exact) mass is 308 g/mol. The predicted octanol–water partition coefficient (Wildman–Crippen LogP) is 3.98. The molecule has 1 heterocycles. The molecule has 1 N–H and O–H groups in total. The van der Waals surface area contributed by atoms with Gasteiger partial charge >= 0.3 is 0 Å². The van der Waals surface area contributed by atoms with Crippen molar-refractivity contribution in [1.82, 2.24) is 10.3 Å². The van der Waals surface area contributed by atoms with Crippen LogP contribution in [0, 0.1) is 0 Å². The van der Waals surface area contributed by atoms with Gasteiger partial charge in [-0.3, -0.25) is 0 Å². The fraction of sp³-hybridized carbons (Fsp3) is 0.824. The first-order valence-electron chi connectivity index (χ1n) is 8.49. The summed E-state index contributed by atoms with van der Waals surface area (Å²) >= 11 is 1.94. The third-order valence-corrected chi connectivity index (χ3v) is 6.53. The van der Waals surface area contributed by atoms with E-state index in [1.165, 1.54) is 60.5 Å². The maximum Gasteiger partial charge on any atom is 0.125 e. The lowest BCUT2D eigenvalue weighted by Gasteiger charge is -2.29. The Morgan fingerprint density at radius 2 is 2.00 bits per heavy atom. The molecule has 3 nitrogen and oxygen atoms in total. The van der Waals surface area contributed by atoms with Crippen molar-refractivity contribution >= 4 is 11.3 Å². The molecule has 1 saturated carbocycles. The maximum absolute atomic E-state index is 6.05. The SMILES string of the molecule is CNCC1CCCc2sc(C3(OC)CCCCCC3)nc21. The number of nitrogens with zero attached hydrogens (tertiary/aromatic N) is 1. The highest BCUT2D eigenvalue weighted by molar-refractivity contribution is 7.11. The molecule has 1 unspecified atom stereocenters. The standard InChI is InChI=1S/C17H28N2OS/c1-18-12-13-8-7-9-14-15(13)19-16(21-14)17(20-2)10-5-3-4-6-11-17/h13,18H,3-12H2,1-2H3. The van der Waals surface area contributed by atoms with Crippen LogP contribution in [-0.4, -0.2) is 25.7 Å². The Hall–Kier alpha value is -0.450. The van der Waals surface area contributed by atoms with Crippen LogP contribution in [0.4, 0.5) is 0 Å². The largest absolute Gasteiger partial charge is 0.371 e. The van der Waals surface area contributed by atoms with Crippen molar-refractivity contribution in [2.75, 3.05) is 20.7 Å². The predicted molar refractivity (Wildman–Crippen MR) is 88.1 cm³/mol. The van der Waals surface area contributed by atoms with E-state index in [0.29, 0.717) is 5.92 Å². The lowest BCUT2D eigenvalue weighted by molar-refractivity contribution is -0.0281. The third-order valence-electron chi connectivity index (χ3n) is 5.21. The highest BCUT2D eigenvalue weighted by Gasteiger charge is 2.38. The second-order valence-corrected chi connectivity index (χ2v) is 7.67. The third kappa shape index (κ3) is 3.03. The Balaban J connectivity index is 1.91. The Labute approximate surface area is 132 Å². The number of hydrogen-bond acceptors (Lipinski definition) is 4. The molecule has 1 aromatic rings. The number of rotatable bonds is 4. The molecule has 0 amide bonds. The molecule has 0 aromatic carbocycles. The molecule has 2 aliphatic rings. The van der Waals surface area contributed by atoms with E-state index in [1.807, 2.05) is 25.5 Å². The van der Waals surface area contributed by atoms with Gasteiger partial charge in [-0.15, -0.1) is 11.3 Å². The minimum atomic E-state index is -0.0945. The lowest BCUT2D eigenvalue weighted by Crippen LogP contribution is -2.28. The van der Waals surface area contributed by atoms with Crippen LogP contribution >= 0.6 is 11.3 Å². The van der Waals surface area contributed by atoms with E-state index in [4.69, 9.17) is 9.72 Å². The Morgan fingerprint density at radius 3 is 2.67 bits per heavy atom. The van der Waals surface area contributed by atoms with E-state index in [9.17, 15) is 0 Å². The minimum absolute atomic E-state index is 0.0945. The van der Waals surface area contributed by atoms with Gasteiger partial charge in [-0.1, -0.05) is 25.7 Å². The number of aryl methyl sites for hydroxylation is 1. The van der Waals surface area contributed by atoms with Gasteiger partial charge in [0.2, 0.25) is 0 Å². The summed E-state index contributed by atoms with van der Waals surface area (Å²) in [6.45, 7) is 1.05. The van der Waals surface area contributed by atoms with E-state index < -0.39 is 0 Å². The van der Waals surface area contributed by atoms with Gasteiger partial charge in [-0.2, -0.15) is 0 Å². The number of ether oxygens (including phenoxy) is 1. The Kier molecular flexibility index (Phi) is 4.97. The average Bonchev–Trinajstić information content (AvgIpc) is 2.80. The van der Waals surface area contributed by atoms with Crippen molar-refractivity contribution in [1.29, 1.82) is 0 Å². The molecule has 0 saturated heterocycles. The summed E-state index contributed by atoms with van der Waals surface area (Å²) in [5.41, 5.74) is 1.28. The fourth-order valence-corrected chi connectivity index (χ4v) is 5.37. The first-order chi connectivity index (χ1) is 10.3. The molecule has 0 spiro atoms. The molecule has 0 radical (unpaired) electrons.